The predicted molar refractivity (Wildman–Crippen MR) is 164 cm³/mol. The highest BCUT2D eigenvalue weighted by molar-refractivity contribution is 5.94. The predicted octanol–water partition coefficient (Wildman–Crippen LogP) is 7.26. The molecule has 0 spiro atoms. The van der Waals surface area contributed by atoms with Gasteiger partial charge in [-0.2, -0.15) is 0 Å². The average molecular weight is 549 g/mol. The molecule has 4 aromatic carbocycles. The molecule has 1 heterocycles. The van der Waals surface area contributed by atoms with Gasteiger partial charge >= 0.3 is 0 Å². The largest absolute Gasteiger partial charge is 0.489 e. The van der Waals surface area contributed by atoms with Crippen molar-refractivity contribution in [2.75, 3.05) is 13.1 Å². The number of likely N-dealkylation sites (tertiary alicyclic amines) is 1. The fourth-order valence-electron chi connectivity index (χ4n) is 5.31. The minimum atomic E-state index is -0.204. The quantitative estimate of drug-likeness (QED) is 0.227. The number of ether oxygens (including phenoxy) is 2. The lowest BCUT2D eigenvalue weighted by atomic mass is 9.78. The highest BCUT2D eigenvalue weighted by Gasteiger charge is 2.24. The summed E-state index contributed by atoms with van der Waals surface area (Å²) in [6.45, 7) is 7.66. The van der Waals surface area contributed by atoms with Gasteiger partial charge in [-0.25, -0.2) is 0 Å². The van der Waals surface area contributed by atoms with E-state index in [-0.39, 0.29) is 11.3 Å². The van der Waals surface area contributed by atoms with Gasteiger partial charge in [0.15, 0.2) is 0 Å². The fraction of sp³-hybridized carbons (Fsp3) is 0.306. The summed E-state index contributed by atoms with van der Waals surface area (Å²) < 4.78 is 12.0. The summed E-state index contributed by atoms with van der Waals surface area (Å²) in [4.78, 5) is 14.8. The molecule has 0 bridgehead atoms. The Morgan fingerprint density at radius 2 is 1.22 bits per heavy atom. The van der Waals surface area contributed by atoms with Gasteiger partial charge in [0.2, 0.25) is 0 Å². The molecule has 0 aliphatic carbocycles. The van der Waals surface area contributed by atoms with Gasteiger partial charge in [-0.3, -0.25) is 4.79 Å². The van der Waals surface area contributed by atoms with E-state index in [0.717, 1.165) is 59.7 Å². The van der Waals surface area contributed by atoms with Crippen molar-refractivity contribution in [1.82, 2.24) is 4.90 Å². The monoisotopic (exact) mass is 548 g/mol. The van der Waals surface area contributed by atoms with Crippen LogP contribution in [0, 0.1) is 0 Å². The molecule has 1 saturated heterocycles. The summed E-state index contributed by atoms with van der Waals surface area (Å²) in [6.07, 6.45) is 3.42. The molecule has 0 aromatic heterocycles. The number of carbonyl (C=O) groups excluding carboxylic acids is 1. The molecule has 2 N–H and O–H groups in total. The average Bonchev–Trinajstić information content (AvgIpc) is 3.03. The molecule has 1 aliphatic heterocycles. The van der Waals surface area contributed by atoms with E-state index in [2.05, 4.69) is 56.3 Å². The fourth-order valence-corrected chi connectivity index (χ4v) is 5.31. The van der Waals surface area contributed by atoms with Crippen molar-refractivity contribution in [3.8, 4) is 11.5 Å². The van der Waals surface area contributed by atoms with Gasteiger partial charge in [-0.15, -0.1) is 0 Å². The zero-order valence-corrected chi connectivity index (χ0v) is 24.1. The van der Waals surface area contributed by atoms with Crippen molar-refractivity contribution in [2.45, 2.75) is 58.3 Å². The van der Waals surface area contributed by atoms with Crippen molar-refractivity contribution >= 4 is 5.91 Å². The van der Waals surface area contributed by atoms with Crippen LogP contribution in [0.15, 0.2) is 97.1 Å². The van der Waals surface area contributed by atoms with Crippen LogP contribution in [0.1, 0.15) is 71.3 Å². The normalized spacial score (nSPS) is 13.6. The second-order valence-electron chi connectivity index (χ2n) is 11.3. The SMILES string of the molecule is CC(C)(c1ccc(OCc2cccc(COc3ccc(CN)cc3)c2)cc1)c1ccc(C(=O)N2CCCCC2)cc1. The Morgan fingerprint density at radius 1 is 0.707 bits per heavy atom. The molecular weight excluding hydrogens is 508 g/mol. The summed E-state index contributed by atoms with van der Waals surface area (Å²) in [6, 6.07) is 32.6. The number of rotatable bonds is 10. The third-order valence-corrected chi connectivity index (χ3v) is 8.03. The number of nitrogens with two attached hydrogens (primary N) is 1. The maximum absolute atomic E-state index is 12.9. The topological polar surface area (TPSA) is 64.8 Å². The molecule has 5 nitrogen and oxygen atoms in total. The van der Waals surface area contributed by atoms with Crippen LogP contribution in [-0.2, 0) is 25.2 Å². The second-order valence-corrected chi connectivity index (χ2v) is 11.3. The first-order chi connectivity index (χ1) is 19.9. The molecule has 0 radical (unpaired) electrons. The summed E-state index contributed by atoms with van der Waals surface area (Å²) in [5, 5.41) is 0. The number of benzene rings is 4. The van der Waals surface area contributed by atoms with Crippen LogP contribution in [0.3, 0.4) is 0 Å². The van der Waals surface area contributed by atoms with Gasteiger partial charge in [0.25, 0.3) is 5.91 Å². The van der Waals surface area contributed by atoms with Crippen molar-refractivity contribution in [3.63, 3.8) is 0 Å². The summed E-state index contributed by atoms with van der Waals surface area (Å²) in [7, 11) is 0. The zero-order valence-electron chi connectivity index (χ0n) is 24.1. The summed E-state index contributed by atoms with van der Waals surface area (Å²) >= 11 is 0. The third-order valence-electron chi connectivity index (χ3n) is 8.03. The van der Waals surface area contributed by atoms with Gasteiger partial charge < -0.3 is 20.1 Å². The van der Waals surface area contributed by atoms with Crippen molar-refractivity contribution in [3.05, 3.63) is 130 Å². The summed E-state index contributed by atoms with van der Waals surface area (Å²) in [5.41, 5.74) is 11.9. The van der Waals surface area contributed by atoms with Crippen LogP contribution < -0.4 is 15.2 Å². The third kappa shape index (κ3) is 7.17. The number of hydrogen-bond acceptors (Lipinski definition) is 4. The molecule has 5 rings (SSSR count). The van der Waals surface area contributed by atoms with E-state index in [0.29, 0.717) is 19.8 Å². The molecule has 5 heteroatoms. The minimum Gasteiger partial charge on any atom is -0.489 e. The highest BCUT2D eigenvalue weighted by atomic mass is 16.5. The lowest BCUT2D eigenvalue weighted by Crippen LogP contribution is -2.35. The number of piperidine rings is 1. The van der Waals surface area contributed by atoms with Crippen molar-refractivity contribution < 1.29 is 14.3 Å². The Balaban J connectivity index is 1.16. The molecule has 1 aliphatic rings. The molecule has 1 amide bonds. The first-order valence-electron chi connectivity index (χ1n) is 14.6. The van der Waals surface area contributed by atoms with E-state index in [9.17, 15) is 4.79 Å². The molecule has 0 unspecified atom stereocenters. The Hall–Kier alpha value is -4.09. The number of hydrogen-bond donors (Lipinski definition) is 1. The number of nitrogens with zero attached hydrogens (tertiary/aromatic N) is 1. The smallest absolute Gasteiger partial charge is 0.253 e. The molecule has 4 aromatic rings. The number of amides is 1. The first-order valence-corrected chi connectivity index (χ1v) is 14.6. The van der Waals surface area contributed by atoms with E-state index in [1.54, 1.807) is 0 Å². The van der Waals surface area contributed by atoms with E-state index in [1.807, 2.05) is 59.5 Å². The van der Waals surface area contributed by atoms with Crippen LogP contribution in [0.4, 0.5) is 0 Å². The Kier molecular flexibility index (Phi) is 9.05. The van der Waals surface area contributed by atoms with Gasteiger partial charge in [0, 0.05) is 30.6 Å². The molecule has 1 fully saturated rings. The Bertz CT molecular complexity index is 1420. The van der Waals surface area contributed by atoms with E-state index in [1.165, 1.54) is 17.5 Å². The van der Waals surface area contributed by atoms with E-state index >= 15 is 0 Å². The van der Waals surface area contributed by atoms with Crippen LogP contribution in [-0.4, -0.2) is 23.9 Å². The van der Waals surface area contributed by atoms with E-state index in [4.69, 9.17) is 15.2 Å². The second kappa shape index (κ2) is 13.0. The maximum Gasteiger partial charge on any atom is 0.253 e. The van der Waals surface area contributed by atoms with Gasteiger partial charge in [0.1, 0.15) is 24.7 Å². The van der Waals surface area contributed by atoms with Crippen LogP contribution in [0.2, 0.25) is 0 Å². The number of carbonyl (C=O) groups is 1. The minimum absolute atomic E-state index is 0.145. The van der Waals surface area contributed by atoms with Crippen LogP contribution in [0.25, 0.3) is 0 Å². The molecule has 0 saturated carbocycles. The molecule has 212 valence electrons. The Labute approximate surface area is 243 Å². The van der Waals surface area contributed by atoms with Crippen LogP contribution >= 0.6 is 0 Å². The zero-order chi connectivity index (χ0) is 28.7. The van der Waals surface area contributed by atoms with Gasteiger partial charge in [0.05, 0.1) is 0 Å². The lowest BCUT2D eigenvalue weighted by molar-refractivity contribution is 0.0724. The summed E-state index contributed by atoms with van der Waals surface area (Å²) in [5.74, 6) is 1.80. The first kappa shape index (κ1) is 28.4. The van der Waals surface area contributed by atoms with Gasteiger partial charge in [-0.1, -0.05) is 68.4 Å². The molecule has 0 atom stereocenters. The Morgan fingerprint density at radius 3 is 1.76 bits per heavy atom. The maximum atomic E-state index is 12.9. The van der Waals surface area contributed by atoms with E-state index < -0.39 is 0 Å². The lowest BCUT2D eigenvalue weighted by Gasteiger charge is -2.28. The van der Waals surface area contributed by atoms with Crippen molar-refractivity contribution in [2.24, 2.45) is 5.73 Å². The highest BCUT2D eigenvalue weighted by Crippen LogP contribution is 2.33. The van der Waals surface area contributed by atoms with Crippen molar-refractivity contribution in [1.29, 1.82) is 0 Å². The van der Waals surface area contributed by atoms with Gasteiger partial charge in [-0.05, 0) is 89.5 Å². The standard InChI is InChI=1S/C36H40N2O3/c1-36(2,31-13-11-30(12-14-31)35(39)38-21-4-3-5-22-38)32-15-19-34(20-16-32)41-26-29-8-6-7-28(23-29)25-40-33-17-9-27(24-37)10-18-33/h6-20,23H,3-5,21-22,24-26,37H2,1-2H3. The molecule has 41 heavy (non-hydrogen) atoms. The van der Waals surface area contributed by atoms with Crippen LogP contribution in [0.5, 0.6) is 11.5 Å². The molecular formula is C36H40N2O3.